The van der Waals surface area contributed by atoms with Crippen LogP contribution in [0, 0.1) is 0 Å². The van der Waals surface area contributed by atoms with E-state index in [0.29, 0.717) is 19.4 Å². The molecule has 1 saturated heterocycles. The lowest BCUT2D eigenvalue weighted by molar-refractivity contribution is -0.302. The third-order valence-electron chi connectivity index (χ3n) is 19.6. The Hall–Kier alpha value is -1.86. The van der Waals surface area contributed by atoms with E-state index in [9.17, 15) is 35.1 Å². The van der Waals surface area contributed by atoms with E-state index in [1.54, 1.807) is 6.08 Å². The van der Waals surface area contributed by atoms with Crippen LogP contribution in [-0.2, 0) is 23.8 Å². The highest BCUT2D eigenvalue weighted by molar-refractivity contribution is 5.76. The van der Waals surface area contributed by atoms with Crippen molar-refractivity contribution in [3.8, 4) is 0 Å². The van der Waals surface area contributed by atoms with Crippen LogP contribution in [0.3, 0.4) is 0 Å². The molecule has 7 unspecified atom stereocenters. The van der Waals surface area contributed by atoms with E-state index in [4.69, 9.17) is 14.2 Å². The fourth-order valence-electron chi connectivity index (χ4n) is 13.2. The summed E-state index contributed by atoms with van der Waals surface area (Å²) in [5, 5.41) is 54.6. The molecule has 6 N–H and O–H groups in total. The number of unbranched alkanes of at least 4 members (excludes halogenated alkanes) is 57. The first kappa shape index (κ1) is 88.2. The zero-order valence-corrected chi connectivity index (χ0v) is 60.8. The van der Waals surface area contributed by atoms with Crippen molar-refractivity contribution in [3.05, 3.63) is 24.3 Å². The number of esters is 1. The van der Waals surface area contributed by atoms with Crippen molar-refractivity contribution >= 4 is 11.9 Å². The molecule has 1 rings (SSSR count). The first-order valence-electron chi connectivity index (χ1n) is 40.6. The normalized spacial score (nSPS) is 17.6. The van der Waals surface area contributed by atoms with Gasteiger partial charge >= 0.3 is 5.97 Å². The molecule has 0 bridgehead atoms. The number of aliphatic hydroxyl groups is 5. The van der Waals surface area contributed by atoms with E-state index in [-0.39, 0.29) is 18.5 Å². The van der Waals surface area contributed by atoms with Crippen LogP contribution in [0.4, 0.5) is 0 Å². The number of aliphatic hydroxyl groups excluding tert-OH is 5. The van der Waals surface area contributed by atoms with Crippen molar-refractivity contribution in [2.75, 3.05) is 19.8 Å². The number of hydrogen-bond donors (Lipinski definition) is 6. The van der Waals surface area contributed by atoms with Crippen molar-refractivity contribution in [2.24, 2.45) is 0 Å². The molecule has 0 aromatic carbocycles. The van der Waals surface area contributed by atoms with Crippen LogP contribution in [0.5, 0.6) is 0 Å². The number of allylic oxidation sites excluding steroid dienone is 3. The molecule has 1 aliphatic heterocycles. The Labute approximate surface area is 569 Å². The average Bonchev–Trinajstić information content (AvgIpc) is 1.10. The number of hydrogen-bond acceptors (Lipinski definition) is 10. The van der Waals surface area contributed by atoms with Crippen LogP contribution in [0.25, 0.3) is 0 Å². The van der Waals surface area contributed by atoms with Crippen LogP contribution >= 0.6 is 0 Å². The summed E-state index contributed by atoms with van der Waals surface area (Å²) in [6.07, 6.45) is 80.8. The summed E-state index contributed by atoms with van der Waals surface area (Å²) in [5.41, 5.74) is 0. The first-order chi connectivity index (χ1) is 45.2. The predicted octanol–water partition coefficient (Wildman–Crippen LogP) is 21.9. The van der Waals surface area contributed by atoms with Gasteiger partial charge in [-0.05, 0) is 44.9 Å². The number of rotatable bonds is 73. The van der Waals surface area contributed by atoms with Crippen LogP contribution in [0.2, 0.25) is 0 Å². The predicted molar refractivity (Wildman–Crippen MR) is 389 cm³/mol. The van der Waals surface area contributed by atoms with Crippen LogP contribution < -0.4 is 5.32 Å². The molecule has 0 spiro atoms. The second-order valence-corrected chi connectivity index (χ2v) is 28.5. The van der Waals surface area contributed by atoms with Gasteiger partial charge in [0.15, 0.2) is 6.29 Å². The number of amides is 1. The summed E-state index contributed by atoms with van der Waals surface area (Å²) in [6.45, 7) is 4.38. The van der Waals surface area contributed by atoms with Gasteiger partial charge in [0.1, 0.15) is 24.4 Å². The molecular formula is C81H155NO10. The average molecular weight is 1300 g/mol. The van der Waals surface area contributed by atoms with E-state index in [0.717, 1.165) is 51.4 Å². The Morgan fingerprint density at radius 1 is 0.391 bits per heavy atom. The van der Waals surface area contributed by atoms with Gasteiger partial charge in [-0.15, -0.1) is 0 Å². The summed E-state index contributed by atoms with van der Waals surface area (Å²) >= 11 is 0. The lowest BCUT2D eigenvalue weighted by Crippen LogP contribution is -2.60. The molecule has 1 fully saturated rings. The Balaban J connectivity index is 1.89. The van der Waals surface area contributed by atoms with Gasteiger partial charge in [-0.2, -0.15) is 0 Å². The SMILES string of the molecule is CCCCCCCCCC/C=C/CC/C=C/C(O)C(COC1OC(CO)C(O)C(O)C1O)NC(=O)CCCCCCCCCCCCCCCCCCCCCCCCCCCCCCCCCCCCCCCCCOC(=O)CCCCCCCCCCCCC. The molecule has 1 heterocycles. The Kier molecular flexibility index (Phi) is 67.5. The highest BCUT2D eigenvalue weighted by atomic mass is 16.7. The minimum Gasteiger partial charge on any atom is -0.466 e. The highest BCUT2D eigenvalue weighted by Gasteiger charge is 2.44. The summed E-state index contributed by atoms with van der Waals surface area (Å²) in [7, 11) is 0. The van der Waals surface area contributed by atoms with Gasteiger partial charge in [-0.25, -0.2) is 0 Å². The minimum atomic E-state index is -1.57. The molecule has 92 heavy (non-hydrogen) atoms. The summed E-state index contributed by atoms with van der Waals surface area (Å²) in [5.74, 6) is -0.164. The standard InChI is InChI=1S/C81H155NO10/c1-3-5-7-9-11-13-15-16-44-48-51-55-59-63-67-74(84)73(72-91-81-80(89)79(88)78(87)75(71-83)92-81)82-76(85)68-64-60-56-52-49-45-42-40-38-36-34-32-30-28-26-24-22-20-18-17-19-21-23-25-27-29-31-33-35-37-39-41-43-46-50-54-58-62-66-70-90-77(86)69-65-61-57-53-47-14-12-10-8-6-4-2/h48,51,63,67,73-75,78-81,83-84,87-89H,3-47,49-50,52-62,64-66,68-72H2,1-2H3,(H,82,85)/b51-48+,67-63+. The summed E-state index contributed by atoms with van der Waals surface area (Å²) < 4.78 is 16.8. The molecule has 11 nitrogen and oxygen atoms in total. The number of carbonyl (C=O) groups is 2. The minimum absolute atomic E-state index is 0.0187. The second kappa shape index (κ2) is 70.5. The van der Waals surface area contributed by atoms with Crippen molar-refractivity contribution in [3.63, 3.8) is 0 Å². The third-order valence-corrected chi connectivity index (χ3v) is 19.6. The van der Waals surface area contributed by atoms with E-state index >= 15 is 0 Å². The molecule has 0 radical (unpaired) electrons. The molecule has 1 aliphatic rings. The fourth-order valence-corrected chi connectivity index (χ4v) is 13.2. The van der Waals surface area contributed by atoms with Crippen molar-refractivity contribution in [1.82, 2.24) is 5.32 Å². The van der Waals surface area contributed by atoms with E-state index < -0.39 is 49.5 Å². The monoisotopic (exact) mass is 1300 g/mol. The Morgan fingerprint density at radius 2 is 0.707 bits per heavy atom. The van der Waals surface area contributed by atoms with Crippen LogP contribution in [-0.4, -0.2) is 100 Å². The molecule has 0 aromatic heterocycles. The summed E-state index contributed by atoms with van der Waals surface area (Å²) in [4.78, 5) is 25.1. The third kappa shape index (κ3) is 58.3. The van der Waals surface area contributed by atoms with Crippen LogP contribution in [0.1, 0.15) is 418 Å². The van der Waals surface area contributed by atoms with Gasteiger partial charge in [0.05, 0.1) is 32.0 Å². The molecule has 0 aromatic rings. The first-order valence-corrected chi connectivity index (χ1v) is 40.6. The molecule has 0 aliphatic carbocycles. The number of carbonyl (C=O) groups excluding carboxylic acids is 2. The maximum Gasteiger partial charge on any atom is 0.305 e. The van der Waals surface area contributed by atoms with Gasteiger partial charge < -0.3 is 45.1 Å². The molecule has 1 amide bonds. The van der Waals surface area contributed by atoms with Gasteiger partial charge in [0.25, 0.3) is 0 Å². The lowest BCUT2D eigenvalue weighted by atomic mass is 9.99. The fraction of sp³-hybridized carbons (Fsp3) is 0.926. The lowest BCUT2D eigenvalue weighted by Gasteiger charge is -2.40. The quantitative estimate of drug-likeness (QED) is 0.0195. The van der Waals surface area contributed by atoms with Gasteiger partial charge in [-0.3, -0.25) is 9.59 Å². The Bertz CT molecular complexity index is 1580. The highest BCUT2D eigenvalue weighted by Crippen LogP contribution is 2.24. The molecule has 11 heteroatoms. The summed E-state index contributed by atoms with van der Waals surface area (Å²) in [6, 6.07) is -0.823. The van der Waals surface area contributed by atoms with E-state index in [2.05, 4.69) is 31.3 Å². The Morgan fingerprint density at radius 3 is 1.08 bits per heavy atom. The van der Waals surface area contributed by atoms with Gasteiger partial charge in [0, 0.05) is 12.8 Å². The maximum absolute atomic E-state index is 13.1. The van der Waals surface area contributed by atoms with E-state index in [1.807, 2.05) is 6.08 Å². The van der Waals surface area contributed by atoms with Gasteiger partial charge in [0.2, 0.25) is 5.91 Å². The number of ether oxygens (including phenoxy) is 3. The maximum atomic E-state index is 13.1. The smallest absolute Gasteiger partial charge is 0.305 e. The molecular weight excluding hydrogens is 1150 g/mol. The molecule has 7 atom stereocenters. The zero-order chi connectivity index (χ0) is 66.5. The van der Waals surface area contributed by atoms with E-state index in [1.165, 1.54) is 340 Å². The van der Waals surface area contributed by atoms with Crippen molar-refractivity contribution in [1.29, 1.82) is 0 Å². The largest absolute Gasteiger partial charge is 0.466 e. The topological polar surface area (TPSA) is 175 Å². The number of nitrogens with one attached hydrogen (secondary N) is 1. The second-order valence-electron chi connectivity index (χ2n) is 28.5. The molecule has 0 saturated carbocycles. The zero-order valence-electron chi connectivity index (χ0n) is 60.8. The van der Waals surface area contributed by atoms with Gasteiger partial charge in [-0.1, -0.05) is 385 Å². The van der Waals surface area contributed by atoms with Crippen LogP contribution in [0.15, 0.2) is 24.3 Å². The van der Waals surface area contributed by atoms with Crippen molar-refractivity contribution < 1.29 is 49.3 Å². The molecule has 544 valence electrons. The van der Waals surface area contributed by atoms with Crippen molar-refractivity contribution in [2.45, 2.75) is 461 Å².